The van der Waals surface area contributed by atoms with Gasteiger partial charge in [0, 0.05) is 12.6 Å². The van der Waals surface area contributed by atoms with Gasteiger partial charge in [-0.2, -0.15) is 5.10 Å². The van der Waals surface area contributed by atoms with Gasteiger partial charge in [-0.1, -0.05) is 24.5 Å². The number of pyridine rings is 1. The summed E-state index contributed by atoms with van der Waals surface area (Å²) in [5, 5.41) is 11.5. The molecule has 0 bridgehead atoms. The molecule has 116 valence electrons. The van der Waals surface area contributed by atoms with E-state index in [0.29, 0.717) is 17.8 Å². The second kappa shape index (κ2) is 5.76. The molecule has 9 heteroatoms. The Balaban J connectivity index is 1.86. The lowest BCUT2D eigenvalue weighted by molar-refractivity contribution is 0.498. The summed E-state index contributed by atoms with van der Waals surface area (Å²) in [5.74, 6) is 0.416. The third kappa shape index (κ3) is 2.80. The number of nitrogens with zero attached hydrogens (tertiary/aromatic N) is 4. The van der Waals surface area contributed by atoms with Crippen molar-refractivity contribution in [3.05, 3.63) is 36.5 Å². The topological polar surface area (TPSA) is 102 Å². The van der Waals surface area contributed by atoms with Gasteiger partial charge in [0.15, 0.2) is 0 Å². The number of fused-ring (bicyclic) bond motifs is 1. The van der Waals surface area contributed by atoms with E-state index in [4.69, 9.17) is 4.42 Å². The number of sulfonamides is 1. The fraction of sp³-hybridized carbons (Fsp3) is 0.308. The molecule has 22 heavy (non-hydrogen) atoms. The van der Waals surface area contributed by atoms with Gasteiger partial charge in [-0.3, -0.25) is 0 Å². The van der Waals surface area contributed by atoms with E-state index in [1.807, 2.05) is 6.92 Å². The van der Waals surface area contributed by atoms with Crippen LogP contribution in [-0.2, 0) is 16.4 Å². The molecule has 0 aliphatic rings. The van der Waals surface area contributed by atoms with E-state index >= 15 is 0 Å². The van der Waals surface area contributed by atoms with Gasteiger partial charge >= 0.3 is 6.01 Å². The highest BCUT2D eigenvalue weighted by molar-refractivity contribution is 7.92. The highest BCUT2D eigenvalue weighted by Gasteiger charge is 2.22. The molecule has 1 N–H and O–H groups in total. The molecule has 0 unspecified atom stereocenters. The number of hydrogen-bond acceptors (Lipinski definition) is 6. The van der Waals surface area contributed by atoms with E-state index in [-0.39, 0.29) is 10.9 Å². The summed E-state index contributed by atoms with van der Waals surface area (Å²) in [4.78, 5) is 0.0569. The van der Waals surface area contributed by atoms with Crippen molar-refractivity contribution >= 4 is 21.6 Å². The first-order chi connectivity index (χ1) is 10.6. The van der Waals surface area contributed by atoms with Crippen LogP contribution >= 0.6 is 0 Å². The van der Waals surface area contributed by atoms with Crippen molar-refractivity contribution < 1.29 is 12.8 Å². The van der Waals surface area contributed by atoms with Crippen molar-refractivity contribution in [2.75, 3.05) is 4.72 Å². The SMILES string of the molecule is CCCCc1nnc(NS(=O)(=O)c2cnn3ccccc23)o1. The maximum absolute atomic E-state index is 12.4. The van der Waals surface area contributed by atoms with E-state index < -0.39 is 10.0 Å². The highest BCUT2D eigenvalue weighted by Crippen LogP contribution is 2.19. The highest BCUT2D eigenvalue weighted by atomic mass is 32.2. The van der Waals surface area contributed by atoms with Gasteiger partial charge < -0.3 is 4.42 Å². The molecule has 0 saturated heterocycles. The Hall–Kier alpha value is -2.42. The summed E-state index contributed by atoms with van der Waals surface area (Å²) >= 11 is 0. The van der Waals surface area contributed by atoms with E-state index in [1.54, 1.807) is 24.4 Å². The van der Waals surface area contributed by atoms with Crippen LogP contribution in [0.15, 0.2) is 39.9 Å². The van der Waals surface area contributed by atoms with Crippen molar-refractivity contribution in [3.63, 3.8) is 0 Å². The van der Waals surface area contributed by atoms with E-state index in [9.17, 15) is 8.42 Å². The minimum absolute atomic E-state index is 0.0569. The second-order valence-electron chi connectivity index (χ2n) is 4.75. The molecule has 0 saturated carbocycles. The van der Waals surface area contributed by atoms with Crippen LogP contribution in [0, 0.1) is 0 Å². The molecule has 3 heterocycles. The summed E-state index contributed by atoms with van der Waals surface area (Å²) in [6.07, 6.45) is 5.48. The van der Waals surface area contributed by atoms with Gasteiger partial charge in [0.2, 0.25) is 5.89 Å². The summed E-state index contributed by atoms with van der Waals surface area (Å²) in [5.41, 5.74) is 0.473. The molecule has 3 aromatic rings. The van der Waals surface area contributed by atoms with Crippen LogP contribution in [0.3, 0.4) is 0 Å². The average Bonchev–Trinajstić information content (AvgIpc) is 3.11. The number of aryl methyl sites for hydroxylation is 1. The maximum atomic E-state index is 12.4. The molecule has 8 nitrogen and oxygen atoms in total. The second-order valence-corrected chi connectivity index (χ2v) is 6.40. The molecule has 0 amide bonds. The minimum Gasteiger partial charge on any atom is -0.407 e. The van der Waals surface area contributed by atoms with Crippen LogP contribution in [0.2, 0.25) is 0 Å². The summed E-state index contributed by atoms with van der Waals surface area (Å²) < 4.78 is 33.9. The molecule has 0 fully saturated rings. The van der Waals surface area contributed by atoms with Gasteiger partial charge in [-0.05, 0) is 18.6 Å². The number of anilines is 1. The molecule has 0 radical (unpaired) electrons. The number of hydrogen-bond donors (Lipinski definition) is 1. The quantitative estimate of drug-likeness (QED) is 0.743. The largest absolute Gasteiger partial charge is 0.407 e. The lowest BCUT2D eigenvalue weighted by Gasteiger charge is -2.01. The molecular weight excluding hydrogens is 306 g/mol. The van der Waals surface area contributed by atoms with Crippen LogP contribution in [0.5, 0.6) is 0 Å². The molecule has 0 spiro atoms. The van der Waals surface area contributed by atoms with Crippen LogP contribution in [0.1, 0.15) is 25.7 Å². The lowest BCUT2D eigenvalue weighted by atomic mass is 10.2. The third-order valence-electron chi connectivity index (χ3n) is 3.11. The van der Waals surface area contributed by atoms with Crippen molar-refractivity contribution in [2.24, 2.45) is 0 Å². The molecule has 3 aromatic heterocycles. The fourth-order valence-electron chi connectivity index (χ4n) is 2.01. The van der Waals surface area contributed by atoms with Crippen LogP contribution < -0.4 is 4.72 Å². The zero-order valence-electron chi connectivity index (χ0n) is 11.9. The molecule has 0 aliphatic carbocycles. The van der Waals surface area contributed by atoms with Gasteiger partial charge in [0.05, 0.1) is 11.7 Å². The van der Waals surface area contributed by atoms with Crippen molar-refractivity contribution in [2.45, 2.75) is 31.1 Å². The van der Waals surface area contributed by atoms with E-state index in [0.717, 1.165) is 12.8 Å². The van der Waals surface area contributed by atoms with Gasteiger partial charge in [-0.25, -0.2) is 17.7 Å². The lowest BCUT2D eigenvalue weighted by Crippen LogP contribution is -2.13. The minimum atomic E-state index is -3.83. The smallest absolute Gasteiger partial charge is 0.329 e. The Morgan fingerprint density at radius 1 is 1.32 bits per heavy atom. The Kier molecular flexibility index (Phi) is 3.80. The van der Waals surface area contributed by atoms with Crippen molar-refractivity contribution in [3.8, 4) is 0 Å². The zero-order valence-corrected chi connectivity index (χ0v) is 12.7. The summed E-state index contributed by atoms with van der Waals surface area (Å²) in [6.45, 7) is 2.05. The predicted molar refractivity (Wildman–Crippen MR) is 78.9 cm³/mol. The first kappa shape index (κ1) is 14.5. The monoisotopic (exact) mass is 321 g/mol. The number of rotatable bonds is 6. The van der Waals surface area contributed by atoms with Crippen molar-refractivity contribution in [1.29, 1.82) is 0 Å². The number of unbranched alkanes of at least 4 members (excludes halogenated alkanes) is 1. The summed E-state index contributed by atoms with van der Waals surface area (Å²) in [6, 6.07) is 5.04. The Bertz CT molecular complexity index is 884. The maximum Gasteiger partial charge on any atom is 0.329 e. The van der Waals surface area contributed by atoms with Gasteiger partial charge in [-0.15, -0.1) is 5.10 Å². The van der Waals surface area contributed by atoms with E-state index in [1.165, 1.54) is 10.7 Å². The standard InChI is InChI=1S/C13H15N5O3S/c1-2-3-7-12-15-16-13(21-12)17-22(19,20)11-9-14-18-8-5-4-6-10(11)18/h4-6,8-9H,2-3,7H2,1H3,(H,16,17). The van der Waals surface area contributed by atoms with Crippen LogP contribution in [-0.4, -0.2) is 28.2 Å². The number of nitrogens with one attached hydrogen (secondary N) is 1. The summed E-state index contributed by atoms with van der Waals surface area (Å²) in [7, 11) is -3.83. The van der Waals surface area contributed by atoms with Crippen LogP contribution in [0.4, 0.5) is 6.01 Å². The first-order valence-electron chi connectivity index (χ1n) is 6.88. The number of aromatic nitrogens is 4. The Morgan fingerprint density at radius 3 is 3.00 bits per heavy atom. The molecule has 0 aliphatic heterocycles. The van der Waals surface area contributed by atoms with E-state index in [2.05, 4.69) is 20.0 Å². The first-order valence-corrected chi connectivity index (χ1v) is 8.36. The average molecular weight is 321 g/mol. The predicted octanol–water partition coefficient (Wildman–Crippen LogP) is 1.86. The zero-order chi connectivity index (χ0) is 15.6. The molecular formula is C13H15N5O3S. The van der Waals surface area contributed by atoms with Crippen LogP contribution in [0.25, 0.3) is 5.52 Å². The van der Waals surface area contributed by atoms with Gasteiger partial charge in [0.1, 0.15) is 4.90 Å². The fourth-order valence-corrected chi connectivity index (χ4v) is 3.06. The normalized spacial score (nSPS) is 11.9. The van der Waals surface area contributed by atoms with Crippen molar-refractivity contribution in [1.82, 2.24) is 19.8 Å². The third-order valence-corrected chi connectivity index (χ3v) is 4.45. The molecule has 0 aromatic carbocycles. The Morgan fingerprint density at radius 2 is 2.18 bits per heavy atom. The molecule has 0 atom stereocenters. The van der Waals surface area contributed by atoms with Gasteiger partial charge in [0.25, 0.3) is 10.0 Å². The molecule has 3 rings (SSSR count). The Labute approximate surface area is 127 Å².